The van der Waals surface area contributed by atoms with Crippen LogP contribution in [0.25, 0.3) is 0 Å². The number of hydrazone groups is 1. The molecule has 3 aromatic carbocycles. The number of rotatable bonds is 7. The Hall–Kier alpha value is -2.54. The number of sulfonamides is 1. The predicted octanol–water partition coefficient (Wildman–Crippen LogP) is 4.88. The maximum Gasteiger partial charge on any atom is 0.276 e. The molecule has 0 bridgehead atoms. The summed E-state index contributed by atoms with van der Waals surface area (Å²) in [6.07, 6.45) is 1.41. The van der Waals surface area contributed by atoms with Gasteiger partial charge in [0.25, 0.3) is 10.0 Å². The quantitative estimate of drug-likeness (QED) is 0.425. The van der Waals surface area contributed by atoms with Crippen LogP contribution in [0.2, 0.25) is 10.0 Å². The molecule has 0 amide bonds. The lowest BCUT2D eigenvalue weighted by molar-refractivity contribution is 0.306. The highest BCUT2D eigenvalue weighted by Crippen LogP contribution is 2.23. The minimum atomic E-state index is -3.70. The first-order valence-corrected chi connectivity index (χ1v) is 10.4. The van der Waals surface area contributed by atoms with Crippen molar-refractivity contribution >= 4 is 39.4 Å². The van der Waals surface area contributed by atoms with Crippen LogP contribution in [0.1, 0.15) is 11.1 Å². The Morgan fingerprint density at radius 3 is 2.50 bits per heavy atom. The van der Waals surface area contributed by atoms with Gasteiger partial charge in [0.2, 0.25) is 0 Å². The van der Waals surface area contributed by atoms with Gasteiger partial charge in [-0.15, -0.1) is 0 Å². The molecule has 0 unspecified atom stereocenters. The highest BCUT2D eigenvalue weighted by Gasteiger charge is 2.11. The van der Waals surface area contributed by atoms with Crippen LogP contribution in [0.3, 0.4) is 0 Å². The largest absolute Gasteiger partial charge is 0.489 e. The smallest absolute Gasteiger partial charge is 0.276 e. The van der Waals surface area contributed by atoms with E-state index >= 15 is 0 Å². The van der Waals surface area contributed by atoms with E-state index in [4.69, 9.17) is 27.9 Å². The molecule has 0 aliphatic carbocycles. The molecule has 0 heterocycles. The highest BCUT2D eigenvalue weighted by molar-refractivity contribution is 7.89. The zero-order valence-electron chi connectivity index (χ0n) is 14.5. The maximum absolute atomic E-state index is 12.1. The van der Waals surface area contributed by atoms with Gasteiger partial charge in [0.05, 0.1) is 11.1 Å². The fourth-order valence-corrected chi connectivity index (χ4v) is 3.58. The fourth-order valence-electron chi connectivity index (χ4n) is 2.31. The molecule has 0 atom stereocenters. The van der Waals surface area contributed by atoms with E-state index in [-0.39, 0.29) is 11.5 Å². The van der Waals surface area contributed by atoms with Crippen molar-refractivity contribution in [2.45, 2.75) is 11.5 Å². The lowest BCUT2D eigenvalue weighted by Gasteiger charge is -2.08. The summed E-state index contributed by atoms with van der Waals surface area (Å²) in [7, 11) is -3.70. The summed E-state index contributed by atoms with van der Waals surface area (Å²) in [5, 5.41) is 4.91. The number of benzene rings is 3. The summed E-state index contributed by atoms with van der Waals surface area (Å²) < 4.78 is 30.0. The number of halogens is 2. The maximum atomic E-state index is 12.1. The third kappa shape index (κ3) is 5.48. The number of hydrogen-bond acceptors (Lipinski definition) is 4. The topological polar surface area (TPSA) is 67.8 Å². The number of nitrogens with zero attached hydrogens (tertiary/aromatic N) is 1. The third-order valence-electron chi connectivity index (χ3n) is 3.71. The molecule has 5 nitrogen and oxygen atoms in total. The summed E-state index contributed by atoms with van der Waals surface area (Å²) >= 11 is 12.0. The molecule has 0 fully saturated rings. The van der Waals surface area contributed by atoms with Crippen molar-refractivity contribution in [2.24, 2.45) is 5.10 Å². The monoisotopic (exact) mass is 434 g/mol. The minimum Gasteiger partial charge on any atom is -0.489 e. The summed E-state index contributed by atoms with van der Waals surface area (Å²) in [6, 6.07) is 20.3. The Kier molecular flexibility index (Phi) is 6.57. The van der Waals surface area contributed by atoms with Crippen molar-refractivity contribution in [1.82, 2.24) is 4.83 Å². The number of ether oxygens (including phenoxy) is 1. The predicted molar refractivity (Wildman–Crippen MR) is 112 cm³/mol. The van der Waals surface area contributed by atoms with E-state index in [1.165, 1.54) is 18.3 Å². The molecule has 8 heteroatoms. The van der Waals surface area contributed by atoms with E-state index in [9.17, 15) is 8.42 Å². The summed E-state index contributed by atoms with van der Waals surface area (Å²) in [6.45, 7) is 0.275. The molecule has 0 radical (unpaired) electrons. The first-order chi connectivity index (χ1) is 13.4. The normalized spacial score (nSPS) is 11.5. The first-order valence-electron chi connectivity index (χ1n) is 8.21. The van der Waals surface area contributed by atoms with Crippen molar-refractivity contribution in [3.63, 3.8) is 0 Å². The lowest BCUT2D eigenvalue weighted by atomic mass is 10.2. The fraction of sp³-hybridized carbons (Fsp3) is 0.0500. The number of nitrogens with one attached hydrogen (secondary N) is 1. The third-order valence-corrected chi connectivity index (χ3v) is 5.53. The Morgan fingerprint density at radius 2 is 1.75 bits per heavy atom. The Balaban J connectivity index is 1.64. The van der Waals surface area contributed by atoms with Gasteiger partial charge in [-0.2, -0.15) is 13.5 Å². The molecule has 0 aromatic heterocycles. The molecular formula is C20H16Cl2N2O3S. The van der Waals surface area contributed by atoms with Crippen LogP contribution in [0.15, 0.2) is 82.8 Å². The molecule has 0 saturated carbocycles. The van der Waals surface area contributed by atoms with E-state index in [1.54, 1.807) is 60.7 Å². The molecule has 0 aliphatic rings. The van der Waals surface area contributed by atoms with Crippen molar-refractivity contribution in [1.29, 1.82) is 0 Å². The van der Waals surface area contributed by atoms with E-state index in [2.05, 4.69) is 9.93 Å². The second kappa shape index (κ2) is 9.10. The summed E-state index contributed by atoms with van der Waals surface area (Å²) in [5.41, 5.74) is 1.48. The van der Waals surface area contributed by atoms with E-state index < -0.39 is 10.0 Å². The van der Waals surface area contributed by atoms with Crippen LogP contribution in [0.5, 0.6) is 5.75 Å². The summed E-state index contributed by atoms with van der Waals surface area (Å²) in [5.74, 6) is 0.598. The van der Waals surface area contributed by atoms with Gasteiger partial charge in [-0.05, 0) is 42.0 Å². The Morgan fingerprint density at radius 1 is 0.964 bits per heavy atom. The molecule has 3 aromatic rings. The Labute approximate surface area is 173 Å². The van der Waals surface area contributed by atoms with E-state index in [0.29, 0.717) is 21.4 Å². The van der Waals surface area contributed by atoms with Crippen LogP contribution in [-0.4, -0.2) is 14.6 Å². The highest BCUT2D eigenvalue weighted by atomic mass is 35.5. The van der Waals surface area contributed by atoms with Gasteiger partial charge in [-0.1, -0.05) is 59.6 Å². The van der Waals surface area contributed by atoms with Crippen molar-refractivity contribution in [3.05, 3.63) is 94.0 Å². The van der Waals surface area contributed by atoms with Crippen LogP contribution in [0.4, 0.5) is 0 Å². The van der Waals surface area contributed by atoms with Gasteiger partial charge in [0.1, 0.15) is 12.4 Å². The second-order valence-electron chi connectivity index (χ2n) is 5.76. The first kappa shape index (κ1) is 20.2. The zero-order valence-corrected chi connectivity index (χ0v) is 16.9. The molecule has 28 heavy (non-hydrogen) atoms. The molecular weight excluding hydrogens is 419 g/mol. The van der Waals surface area contributed by atoms with Crippen LogP contribution >= 0.6 is 23.2 Å². The molecule has 0 saturated heterocycles. The molecule has 0 aliphatic heterocycles. The van der Waals surface area contributed by atoms with Gasteiger partial charge >= 0.3 is 0 Å². The van der Waals surface area contributed by atoms with Crippen molar-refractivity contribution < 1.29 is 13.2 Å². The second-order valence-corrected chi connectivity index (χ2v) is 8.27. The van der Waals surface area contributed by atoms with Crippen LogP contribution < -0.4 is 9.57 Å². The molecule has 1 N–H and O–H groups in total. The van der Waals surface area contributed by atoms with E-state index in [1.807, 2.05) is 0 Å². The Bertz CT molecular complexity index is 1090. The SMILES string of the molecule is O=S(=O)(N/N=C\c1cccc(OCc2ccc(Cl)cc2Cl)c1)c1ccccc1. The average Bonchev–Trinajstić information content (AvgIpc) is 2.68. The van der Waals surface area contributed by atoms with E-state index in [0.717, 1.165) is 5.56 Å². The van der Waals surface area contributed by atoms with Crippen LogP contribution in [-0.2, 0) is 16.6 Å². The van der Waals surface area contributed by atoms with Crippen molar-refractivity contribution in [3.8, 4) is 5.75 Å². The van der Waals surface area contributed by atoms with Gasteiger partial charge in [-0.3, -0.25) is 0 Å². The lowest BCUT2D eigenvalue weighted by Crippen LogP contribution is -2.18. The average molecular weight is 435 g/mol. The minimum absolute atomic E-state index is 0.143. The standard InChI is InChI=1S/C20H16Cl2N2O3S/c21-17-10-9-16(20(22)12-17)14-27-18-6-4-5-15(11-18)13-23-24-28(25,26)19-7-2-1-3-8-19/h1-13,24H,14H2/b23-13-. The van der Waals surface area contributed by atoms with Crippen molar-refractivity contribution in [2.75, 3.05) is 0 Å². The zero-order chi connectivity index (χ0) is 20.0. The summed E-state index contributed by atoms with van der Waals surface area (Å²) in [4.78, 5) is 2.33. The van der Waals surface area contributed by atoms with Gasteiger partial charge in [0.15, 0.2) is 0 Å². The molecule has 3 rings (SSSR count). The van der Waals surface area contributed by atoms with Gasteiger partial charge < -0.3 is 4.74 Å². The number of hydrogen-bond donors (Lipinski definition) is 1. The molecule has 0 spiro atoms. The van der Waals surface area contributed by atoms with Gasteiger partial charge in [0, 0.05) is 15.6 Å². The molecule has 144 valence electrons. The van der Waals surface area contributed by atoms with Gasteiger partial charge in [-0.25, -0.2) is 4.83 Å². The van der Waals surface area contributed by atoms with Crippen LogP contribution in [0, 0.1) is 0 Å².